The lowest BCUT2D eigenvalue weighted by molar-refractivity contribution is -0.270. The van der Waals surface area contributed by atoms with Crippen LogP contribution < -0.4 is 0 Å². The molecule has 0 spiro atoms. The zero-order valence-corrected chi connectivity index (χ0v) is 11.1. The number of rotatable bonds is 5. The van der Waals surface area contributed by atoms with E-state index in [1.54, 1.807) is 24.3 Å². The number of aliphatic hydroxyl groups excluding tert-OH is 3. The Bertz CT molecular complexity index is 407. The molecule has 4 atom stereocenters. The summed E-state index contributed by atoms with van der Waals surface area (Å²) in [5.41, 5.74) is 0.979. The minimum absolute atomic E-state index is 0.190. The molecular weight excluding hydrogens is 264 g/mol. The zero-order valence-electron chi connectivity index (χ0n) is 11.1. The molecule has 112 valence electrons. The van der Waals surface area contributed by atoms with Crippen LogP contribution in [0.3, 0.4) is 0 Å². The predicted molar refractivity (Wildman–Crippen MR) is 70.1 cm³/mol. The summed E-state index contributed by atoms with van der Waals surface area (Å²) in [6, 6.07) is 6.74. The molecule has 1 heterocycles. The van der Waals surface area contributed by atoms with Gasteiger partial charge in [0.2, 0.25) is 0 Å². The molecule has 20 heavy (non-hydrogen) atoms. The summed E-state index contributed by atoms with van der Waals surface area (Å²) in [7, 11) is 0. The first-order valence-corrected chi connectivity index (χ1v) is 6.62. The lowest BCUT2D eigenvalue weighted by Gasteiger charge is -2.36. The maximum absolute atomic E-state index is 9.77. The van der Waals surface area contributed by atoms with Crippen LogP contribution in [-0.4, -0.2) is 58.2 Å². The van der Waals surface area contributed by atoms with Crippen molar-refractivity contribution in [2.24, 2.45) is 0 Å². The van der Waals surface area contributed by atoms with Crippen LogP contribution in [0.25, 0.3) is 0 Å². The van der Waals surface area contributed by atoms with Gasteiger partial charge in [0, 0.05) is 6.42 Å². The fourth-order valence-electron chi connectivity index (χ4n) is 2.13. The van der Waals surface area contributed by atoms with Gasteiger partial charge >= 0.3 is 0 Å². The number of aliphatic hydroxyl groups is 3. The van der Waals surface area contributed by atoms with Crippen LogP contribution in [0.2, 0.25) is 0 Å². The van der Waals surface area contributed by atoms with E-state index >= 15 is 0 Å². The molecule has 0 aliphatic carbocycles. The van der Waals surface area contributed by atoms with Crippen molar-refractivity contribution in [1.29, 1.82) is 0 Å². The normalized spacial score (nSPS) is 30.4. The summed E-state index contributed by atoms with van der Waals surface area (Å²) in [6.45, 7) is 0.0823. The summed E-state index contributed by atoms with van der Waals surface area (Å²) in [5, 5.41) is 37.6. The Labute approximate surface area is 117 Å². The van der Waals surface area contributed by atoms with Crippen molar-refractivity contribution in [2.45, 2.75) is 37.4 Å². The summed E-state index contributed by atoms with van der Waals surface area (Å²) < 4.78 is 10.8. The maximum Gasteiger partial charge on any atom is 0.186 e. The highest BCUT2D eigenvalue weighted by atomic mass is 16.7. The van der Waals surface area contributed by atoms with E-state index in [2.05, 4.69) is 0 Å². The molecule has 1 aromatic rings. The van der Waals surface area contributed by atoms with E-state index in [1.807, 2.05) is 0 Å². The highest BCUT2D eigenvalue weighted by molar-refractivity contribution is 5.25. The van der Waals surface area contributed by atoms with Gasteiger partial charge in [-0.3, -0.25) is 0 Å². The number of hydrogen-bond acceptors (Lipinski definition) is 6. The van der Waals surface area contributed by atoms with Crippen LogP contribution >= 0.6 is 0 Å². The van der Waals surface area contributed by atoms with Crippen molar-refractivity contribution in [3.8, 4) is 5.75 Å². The molecular formula is C14H20O6. The maximum atomic E-state index is 9.77. The van der Waals surface area contributed by atoms with E-state index in [9.17, 15) is 15.3 Å². The number of hydrogen-bond donors (Lipinski definition) is 4. The first-order valence-electron chi connectivity index (χ1n) is 6.62. The summed E-state index contributed by atoms with van der Waals surface area (Å²) in [5.74, 6) is 0.203. The van der Waals surface area contributed by atoms with Crippen LogP contribution in [0, 0.1) is 0 Å². The molecule has 0 amide bonds. The van der Waals surface area contributed by atoms with Gasteiger partial charge in [-0.15, -0.1) is 0 Å². The summed E-state index contributed by atoms with van der Waals surface area (Å²) in [4.78, 5) is 0. The number of ether oxygens (including phenoxy) is 2. The van der Waals surface area contributed by atoms with Crippen molar-refractivity contribution in [1.82, 2.24) is 0 Å². The second kappa shape index (κ2) is 7.01. The molecule has 4 N–H and O–H groups in total. The Morgan fingerprint density at radius 1 is 1.20 bits per heavy atom. The quantitative estimate of drug-likeness (QED) is 0.596. The minimum atomic E-state index is -1.11. The van der Waals surface area contributed by atoms with E-state index in [0.29, 0.717) is 13.0 Å². The number of phenols is 1. The molecule has 2 rings (SSSR count). The lowest BCUT2D eigenvalue weighted by atomic mass is 10.0. The van der Waals surface area contributed by atoms with Gasteiger partial charge in [-0.1, -0.05) is 12.1 Å². The van der Waals surface area contributed by atoms with Crippen LogP contribution in [0.1, 0.15) is 12.0 Å². The smallest absolute Gasteiger partial charge is 0.186 e. The van der Waals surface area contributed by atoms with Gasteiger partial charge in [0.15, 0.2) is 6.29 Å². The molecule has 1 aromatic carbocycles. The summed E-state index contributed by atoms with van der Waals surface area (Å²) in [6.07, 6.45) is -2.75. The van der Waals surface area contributed by atoms with Gasteiger partial charge in [-0.05, 0) is 24.1 Å². The van der Waals surface area contributed by atoms with Crippen LogP contribution in [0.15, 0.2) is 24.3 Å². The molecule has 0 radical (unpaired) electrons. The second-order valence-corrected chi connectivity index (χ2v) is 4.89. The third kappa shape index (κ3) is 3.91. The largest absolute Gasteiger partial charge is 0.508 e. The van der Waals surface area contributed by atoms with Crippen LogP contribution in [0.5, 0.6) is 5.75 Å². The van der Waals surface area contributed by atoms with E-state index in [4.69, 9.17) is 14.6 Å². The van der Waals surface area contributed by atoms with Crippen molar-refractivity contribution < 1.29 is 29.9 Å². The predicted octanol–water partition coefficient (Wildman–Crippen LogP) is -0.220. The molecule has 1 fully saturated rings. The van der Waals surface area contributed by atoms with Crippen LogP contribution in [0.4, 0.5) is 0 Å². The second-order valence-electron chi connectivity index (χ2n) is 4.89. The SMILES string of the molecule is OC[C@@H]1C[C@H](O)[C@@H](O)[C@H](OCCc2ccc(O)cc2)O1. The Morgan fingerprint density at radius 3 is 2.55 bits per heavy atom. The molecule has 0 saturated carbocycles. The first kappa shape index (κ1) is 15.2. The van der Waals surface area contributed by atoms with Gasteiger partial charge < -0.3 is 29.9 Å². The number of phenolic OH excluding ortho intramolecular Hbond substituents is 1. The van der Waals surface area contributed by atoms with Gasteiger partial charge in [0.1, 0.15) is 11.9 Å². The Balaban J connectivity index is 1.81. The van der Waals surface area contributed by atoms with E-state index in [-0.39, 0.29) is 18.8 Å². The Hall–Kier alpha value is -1.18. The monoisotopic (exact) mass is 284 g/mol. The average molecular weight is 284 g/mol. The van der Waals surface area contributed by atoms with Gasteiger partial charge in [-0.25, -0.2) is 0 Å². The minimum Gasteiger partial charge on any atom is -0.508 e. The Morgan fingerprint density at radius 2 is 1.90 bits per heavy atom. The molecule has 0 unspecified atom stereocenters. The van der Waals surface area contributed by atoms with Crippen molar-refractivity contribution in [3.63, 3.8) is 0 Å². The topological polar surface area (TPSA) is 99.4 Å². The van der Waals surface area contributed by atoms with Crippen molar-refractivity contribution >= 4 is 0 Å². The van der Waals surface area contributed by atoms with Gasteiger partial charge in [-0.2, -0.15) is 0 Å². The molecule has 0 bridgehead atoms. The molecule has 1 aliphatic rings. The van der Waals surface area contributed by atoms with E-state index in [0.717, 1.165) is 5.56 Å². The average Bonchev–Trinajstić information content (AvgIpc) is 2.45. The highest BCUT2D eigenvalue weighted by Gasteiger charge is 2.36. The lowest BCUT2D eigenvalue weighted by Crippen LogP contribution is -2.50. The fraction of sp³-hybridized carbons (Fsp3) is 0.571. The van der Waals surface area contributed by atoms with E-state index in [1.165, 1.54) is 0 Å². The van der Waals surface area contributed by atoms with Crippen LogP contribution in [-0.2, 0) is 15.9 Å². The molecule has 1 aliphatic heterocycles. The van der Waals surface area contributed by atoms with Gasteiger partial charge in [0.25, 0.3) is 0 Å². The molecule has 6 heteroatoms. The van der Waals surface area contributed by atoms with Gasteiger partial charge in [0.05, 0.1) is 25.4 Å². The highest BCUT2D eigenvalue weighted by Crippen LogP contribution is 2.21. The third-order valence-corrected chi connectivity index (χ3v) is 3.32. The molecule has 1 saturated heterocycles. The van der Waals surface area contributed by atoms with Crippen molar-refractivity contribution in [3.05, 3.63) is 29.8 Å². The molecule has 6 nitrogen and oxygen atoms in total. The first-order chi connectivity index (χ1) is 9.60. The Kier molecular flexibility index (Phi) is 5.33. The van der Waals surface area contributed by atoms with E-state index < -0.39 is 24.6 Å². The fourth-order valence-corrected chi connectivity index (χ4v) is 2.13. The molecule has 0 aromatic heterocycles. The zero-order chi connectivity index (χ0) is 14.5. The third-order valence-electron chi connectivity index (χ3n) is 3.32. The number of benzene rings is 1. The standard InChI is InChI=1S/C14H20O6/c15-8-11-7-12(17)13(18)14(20-11)19-6-5-9-1-3-10(16)4-2-9/h1-4,11-18H,5-8H2/t11-,12-,13+,14+/m0/s1. The van der Waals surface area contributed by atoms with Crippen molar-refractivity contribution in [2.75, 3.05) is 13.2 Å². The summed E-state index contributed by atoms with van der Waals surface area (Å²) >= 11 is 0. The number of aromatic hydroxyl groups is 1.